The smallest absolute Gasteiger partial charge is 0.0656 e. The molecule has 18 heavy (non-hydrogen) atoms. The number of halogens is 1. The molecule has 100 valence electrons. The second-order valence-corrected chi connectivity index (χ2v) is 5.49. The predicted molar refractivity (Wildman–Crippen MR) is 79.5 cm³/mol. The molecule has 1 saturated heterocycles. The Balaban J connectivity index is 2.20. The molecular weight excluding hydrogens is 246 g/mol. The molecule has 1 fully saturated rings. The maximum atomic E-state index is 6.14. The monoisotopic (exact) mass is 267 g/mol. The minimum atomic E-state index is 0.583. The van der Waals surface area contributed by atoms with E-state index in [0.29, 0.717) is 16.8 Å². The van der Waals surface area contributed by atoms with E-state index in [-0.39, 0.29) is 0 Å². The number of rotatable bonds is 2. The van der Waals surface area contributed by atoms with Crippen molar-refractivity contribution in [3.8, 4) is 0 Å². The lowest BCUT2D eigenvalue weighted by Gasteiger charge is -2.41. The number of nitrogens with zero attached hydrogens (tertiary/aromatic N) is 2. The number of piperazine rings is 1. The Morgan fingerprint density at radius 2 is 2.11 bits per heavy atom. The number of nitrogen functional groups attached to an aromatic ring is 1. The Kier molecular flexibility index (Phi) is 4.03. The van der Waals surface area contributed by atoms with Crippen molar-refractivity contribution < 1.29 is 0 Å². The Morgan fingerprint density at radius 3 is 2.72 bits per heavy atom. The van der Waals surface area contributed by atoms with Gasteiger partial charge in [-0.05, 0) is 38.1 Å². The van der Waals surface area contributed by atoms with E-state index < -0.39 is 0 Å². The largest absolute Gasteiger partial charge is 0.398 e. The van der Waals surface area contributed by atoms with Gasteiger partial charge in [-0.25, -0.2) is 0 Å². The van der Waals surface area contributed by atoms with E-state index in [1.165, 1.54) is 11.3 Å². The maximum absolute atomic E-state index is 6.14. The topological polar surface area (TPSA) is 32.5 Å². The van der Waals surface area contributed by atoms with E-state index in [9.17, 15) is 0 Å². The molecule has 0 spiro atoms. The molecule has 0 bridgehead atoms. The fraction of sp³-hybridized carbons (Fsp3) is 0.571. The average molecular weight is 268 g/mol. The summed E-state index contributed by atoms with van der Waals surface area (Å²) in [5, 5.41) is 0.654. The highest BCUT2D eigenvalue weighted by Crippen LogP contribution is 2.30. The van der Waals surface area contributed by atoms with E-state index in [1.54, 1.807) is 0 Å². The third kappa shape index (κ3) is 2.57. The molecule has 1 unspecified atom stereocenters. The van der Waals surface area contributed by atoms with Crippen LogP contribution in [-0.4, -0.2) is 37.1 Å². The van der Waals surface area contributed by atoms with Crippen LogP contribution in [0.15, 0.2) is 12.1 Å². The quantitative estimate of drug-likeness (QED) is 0.837. The van der Waals surface area contributed by atoms with Gasteiger partial charge in [-0.15, -0.1) is 0 Å². The summed E-state index contributed by atoms with van der Waals surface area (Å²) in [7, 11) is 0. The predicted octanol–water partition coefficient (Wildman–Crippen LogP) is 2.76. The fourth-order valence-corrected chi connectivity index (χ4v) is 2.88. The van der Waals surface area contributed by atoms with Crippen molar-refractivity contribution in [1.29, 1.82) is 0 Å². The van der Waals surface area contributed by atoms with Crippen molar-refractivity contribution in [3.63, 3.8) is 0 Å². The summed E-state index contributed by atoms with van der Waals surface area (Å²) < 4.78 is 0. The molecule has 2 N–H and O–H groups in total. The number of hydrogen-bond acceptors (Lipinski definition) is 3. The lowest BCUT2D eigenvalue weighted by molar-refractivity contribution is 0.199. The zero-order chi connectivity index (χ0) is 13.3. The summed E-state index contributed by atoms with van der Waals surface area (Å²) in [6, 6.07) is 4.55. The molecule has 0 saturated carbocycles. The van der Waals surface area contributed by atoms with Crippen molar-refractivity contribution in [3.05, 3.63) is 22.7 Å². The first-order chi connectivity index (χ1) is 8.52. The first-order valence-electron chi connectivity index (χ1n) is 6.57. The van der Waals surface area contributed by atoms with Gasteiger partial charge in [-0.3, -0.25) is 4.90 Å². The van der Waals surface area contributed by atoms with Gasteiger partial charge in [0.05, 0.1) is 10.7 Å². The van der Waals surface area contributed by atoms with Gasteiger partial charge >= 0.3 is 0 Å². The standard InChI is InChI=1S/C14H22ClN3/c1-4-17-5-6-18(9-11(17)3)14-8-12(15)13(16)7-10(14)2/h7-8,11H,4-6,9,16H2,1-3H3. The van der Waals surface area contributed by atoms with Crippen LogP contribution in [0.25, 0.3) is 0 Å². The van der Waals surface area contributed by atoms with Crippen LogP contribution in [0.4, 0.5) is 11.4 Å². The van der Waals surface area contributed by atoms with E-state index in [2.05, 4.69) is 30.6 Å². The molecule has 1 aromatic carbocycles. The van der Waals surface area contributed by atoms with Crippen LogP contribution >= 0.6 is 11.6 Å². The fourth-order valence-electron chi connectivity index (χ4n) is 2.72. The third-order valence-electron chi connectivity index (χ3n) is 3.83. The first-order valence-corrected chi connectivity index (χ1v) is 6.95. The summed E-state index contributed by atoms with van der Waals surface area (Å²) in [4.78, 5) is 4.92. The second-order valence-electron chi connectivity index (χ2n) is 5.08. The summed E-state index contributed by atoms with van der Waals surface area (Å²) >= 11 is 6.14. The lowest BCUT2D eigenvalue weighted by atomic mass is 10.1. The van der Waals surface area contributed by atoms with Crippen molar-refractivity contribution in [1.82, 2.24) is 4.90 Å². The molecule has 0 aromatic heterocycles. The van der Waals surface area contributed by atoms with E-state index in [0.717, 1.165) is 26.2 Å². The number of nitrogens with two attached hydrogens (primary N) is 1. The van der Waals surface area contributed by atoms with Crippen LogP contribution in [0.2, 0.25) is 5.02 Å². The van der Waals surface area contributed by atoms with Crippen molar-refractivity contribution in [2.24, 2.45) is 0 Å². The molecule has 4 heteroatoms. The number of hydrogen-bond donors (Lipinski definition) is 1. The second kappa shape index (κ2) is 5.37. The molecule has 0 amide bonds. The summed E-state index contributed by atoms with van der Waals surface area (Å²) in [6.07, 6.45) is 0. The zero-order valence-corrected chi connectivity index (χ0v) is 12.2. The van der Waals surface area contributed by atoms with Crippen LogP contribution in [0.1, 0.15) is 19.4 Å². The number of anilines is 2. The summed E-state index contributed by atoms with van der Waals surface area (Å²) in [6.45, 7) is 10.9. The van der Waals surface area contributed by atoms with Crippen LogP contribution in [0.3, 0.4) is 0 Å². The maximum Gasteiger partial charge on any atom is 0.0656 e. The molecular formula is C14H22ClN3. The lowest BCUT2D eigenvalue weighted by Crippen LogP contribution is -2.51. The Morgan fingerprint density at radius 1 is 1.39 bits per heavy atom. The van der Waals surface area contributed by atoms with Crippen molar-refractivity contribution >= 4 is 23.0 Å². The van der Waals surface area contributed by atoms with Crippen LogP contribution in [0, 0.1) is 6.92 Å². The highest BCUT2D eigenvalue weighted by molar-refractivity contribution is 6.33. The first kappa shape index (κ1) is 13.5. The van der Waals surface area contributed by atoms with Gasteiger partial charge in [0.15, 0.2) is 0 Å². The van der Waals surface area contributed by atoms with E-state index in [4.69, 9.17) is 17.3 Å². The Labute approximate surface area is 115 Å². The van der Waals surface area contributed by atoms with Gasteiger partial charge < -0.3 is 10.6 Å². The van der Waals surface area contributed by atoms with E-state index in [1.807, 2.05) is 12.1 Å². The van der Waals surface area contributed by atoms with Crippen LogP contribution in [-0.2, 0) is 0 Å². The van der Waals surface area contributed by atoms with E-state index >= 15 is 0 Å². The molecule has 2 rings (SSSR count). The van der Waals surface area contributed by atoms with Gasteiger partial charge in [-0.2, -0.15) is 0 Å². The molecule has 1 aliphatic rings. The van der Waals surface area contributed by atoms with Crippen LogP contribution in [0.5, 0.6) is 0 Å². The van der Waals surface area contributed by atoms with Gasteiger partial charge in [0.25, 0.3) is 0 Å². The van der Waals surface area contributed by atoms with Crippen molar-refractivity contribution in [2.75, 3.05) is 36.8 Å². The van der Waals surface area contributed by atoms with Gasteiger partial charge in [0.2, 0.25) is 0 Å². The Bertz CT molecular complexity index is 433. The minimum Gasteiger partial charge on any atom is -0.398 e. The molecule has 1 heterocycles. The van der Waals surface area contributed by atoms with Crippen molar-refractivity contribution in [2.45, 2.75) is 26.8 Å². The van der Waals surface area contributed by atoms with Gasteiger partial charge in [0, 0.05) is 31.4 Å². The number of benzene rings is 1. The van der Waals surface area contributed by atoms with Gasteiger partial charge in [0.1, 0.15) is 0 Å². The minimum absolute atomic E-state index is 0.583. The SMILES string of the molecule is CCN1CCN(c2cc(Cl)c(N)cc2C)CC1C. The van der Waals surface area contributed by atoms with Gasteiger partial charge in [-0.1, -0.05) is 18.5 Å². The molecule has 1 aromatic rings. The highest BCUT2D eigenvalue weighted by atomic mass is 35.5. The number of aryl methyl sites for hydroxylation is 1. The number of likely N-dealkylation sites (N-methyl/N-ethyl adjacent to an activating group) is 1. The average Bonchev–Trinajstić information content (AvgIpc) is 2.33. The Hall–Kier alpha value is -0.930. The summed E-state index contributed by atoms with van der Waals surface area (Å²) in [5.74, 6) is 0. The third-order valence-corrected chi connectivity index (χ3v) is 4.15. The van der Waals surface area contributed by atoms with Crippen LogP contribution < -0.4 is 10.6 Å². The molecule has 3 nitrogen and oxygen atoms in total. The molecule has 1 aliphatic heterocycles. The molecule has 0 aliphatic carbocycles. The zero-order valence-electron chi connectivity index (χ0n) is 11.4. The highest BCUT2D eigenvalue weighted by Gasteiger charge is 2.23. The summed E-state index contributed by atoms with van der Waals surface area (Å²) in [5.41, 5.74) is 8.92. The molecule has 1 atom stereocenters. The normalized spacial score (nSPS) is 21.3. The molecule has 0 radical (unpaired) electrons.